The molecule has 0 aromatic heterocycles. The van der Waals surface area contributed by atoms with Crippen molar-refractivity contribution < 1.29 is 0 Å². The molecule has 0 saturated heterocycles. The molecular formula is C4N6O2. The summed E-state index contributed by atoms with van der Waals surface area (Å²) in [5.74, 6) is -0.964. The molecule has 12 heavy (non-hydrogen) atoms. The van der Waals surface area contributed by atoms with Crippen molar-refractivity contribution in [3.8, 4) is 0 Å². The van der Waals surface area contributed by atoms with E-state index in [0.717, 1.165) is 0 Å². The van der Waals surface area contributed by atoms with Crippen LogP contribution in [-0.2, 0) is 0 Å². The molecule has 0 fully saturated rings. The maximum atomic E-state index is 10.0. The first kappa shape index (κ1) is 6.58. The summed E-state index contributed by atoms with van der Waals surface area (Å²) >= 11 is 0. The maximum Gasteiger partial charge on any atom is 0.290 e. The van der Waals surface area contributed by atoms with Gasteiger partial charge in [-0.25, -0.2) is 0 Å². The summed E-state index contributed by atoms with van der Waals surface area (Å²) in [4.78, 5) is 16.9. The zero-order valence-electron chi connectivity index (χ0n) is 5.50. The van der Waals surface area contributed by atoms with Crippen LogP contribution in [0, 0.1) is 9.55 Å². The molecule has 2 rings (SSSR count). The van der Waals surface area contributed by atoms with Crippen LogP contribution in [0.2, 0.25) is 0 Å². The van der Waals surface area contributed by atoms with E-state index in [9.17, 15) is 4.91 Å². The molecule has 0 aromatic carbocycles. The summed E-state index contributed by atoms with van der Waals surface area (Å²) in [6, 6.07) is 0. The Morgan fingerprint density at radius 3 is 2.92 bits per heavy atom. The van der Waals surface area contributed by atoms with Gasteiger partial charge >= 0.3 is 0 Å². The van der Waals surface area contributed by atoms with Crippen molar-refractivity contribution >= 4 is 23.3 Å². The minimum atomic E-state index is -0.590. The molecule has 2 aliphatic rings. The first-order valence-corrected chi connectivity index (χ1v) is 2.84. The van der Waals surface area contributed by atoms with Crippen molar-refractivity contribution in [3.05, 3.63) is 15.0 Å². The van der Waals surface area contributed by atoms with Gasteiger partial charge < -0.3 is 10.4 Å². The Balaban J connectivity index is 2.49. The minimum absolute atomic E-state index is 0.0277. The van der Waals surface area contributed by atoms with Crippen LogP contribution in [0.5, 0.6) is 0 Å². The van der Waals surface area contributed by atoms with E-state index < -0.39 is 11.7 Å². The predicted octanol–water partition coefficient (Wildman–Crippen LogP) is 0.161. The molecule has 2 heterocycles. The summed E-state index contributed by atoms with van der Waals surface area (Å²) in [6.45, 7) is 0. The Hall–Kier alpha value is -2.12. The summed E-state index contributed by atoms with van der Waals surface area (Å²) in [6.07, 6.45) is 0. The van der Waals surface area contributed by atoms with Gasteiger partial charge in [0.25, 0.3) is 5.84 Å². The van der Waals surface area contributed by atoms with Crippen LogP contribution < -0.4 is 0 Å². The van der Waals surface area contributed by atoms with Crippen LogP contribution in [0.25, 0.3) is 5.41 Å². The third-order valence-electron chi connectivity index (χ3n) is 1.16. The number of aliphatic imine (C=N–C) groups is 2. The van der Waals surface area contributed by atoms with Gasteiger partial charge in [0.1, 0.15) is 0 Å². The van der Waals surface area contributed by atoms with E-state index in [1.165, 1.54) is 0 Å². The largest absolute Gasteiger partial charge is 0.461 e. The fourth-order valence-corrected chi connectivity index (χ4v) is 0.682. The highest BCUT2D eigenvalue weighted by Gasteiger charge is 2.25. The number of rotatable bonds is 0. The summed E-state index contributed by atoms with van der Waals surface area (Å²) < 4.78 is 4.24. The summed E-state index contributed by atoms with van der Waals surface area (Å²) in [5.41, 5.74) is 0. The van der Waals surface area contributed by atoms with E-state index in [0.29, 0.717) is 0 Å². The van der Waals surface area contributed by atoms with E-state index in [1.807, 2.05) is 0 Å². The Labute approximate surface area is 64.9 Å². The Morgan fingerprint density at radius 1 is 1.33 bits per heavy atom. The second kappa shape index (κ2) is 2.19. The Morgan fingerprint density at radius 2 is 2.17 bits per heavy atom. The number of amidine groups is 4. The van der Waals surface area contributed by atoms with Crippen LogP contribution in [0.1, 0.15) is 0 Å². The molecule has 0 aliphatic carbocycles. The second-order valence-corrected chi connectivity index (χ2v) is 1.87. The molecule has 58 valence electrons. The zero-order chi connectivity index (χ0) is 8.55. The molecule has 0 spiro atoms. The monoisotopic (exact) mass is 164 g/mol. The quantitative estimate of drug-likeness (QED) is 0.368. The van der Waals surface area contributed by atoms with Gasteiger partial charge in [-0.3, -0.25) is 0 Å². The lowest BCUT2D eigenvalue weighted by Crippen LogP contribution is -2.21. The van der Waals surface area contributed by atoms with Crippen LogP contribution in [0.4, 0.5) is 0 Å². The lowest BCUT2D eigenvalue weighted by molar-refractivity contribution is 1.45. The highest BCUT2D eigenvalue weighted by atomic mass is 16.6. The van der Waals surface area contributed by atoms with Crippen molar-refractivity contribution in [1.29, 1.82) is 0 Å². The molecule has 8 heteroatoms. The van der Waals surface area contributed by atoms with Gasteiger partial charge in [0.15, 0.2) is 5.84 Å². The van der Waals surface area contributed by atoms with Crippen molar-refractivity contribution in [2.24, 2.45) is 25.5 Å². The zero-order valence-corrected chi connectivity index (χ0v) is 5.50. The lowest BCUT2D eigenvalue weighted by atomic mass is 10.4. The number of fused-ring (bicyclic) bond motifs is 1. The van der Waals surface area contributed by atoms with Gasteiger partial charge in [-0.1, -0.05) is 0 Å². The molecule has 0 saturated carbocycles. The van der Waals surface area contributed by atoms with E-state index in [2.05, 4.69) is 30.1 Å². The number of hydrogen-bond acceptors (Lipinski definition) is 5. The molecule has 0 radical (unpaired) electrons. The summed E-state index contributed by atoms with van der Waals surface area (Å²) in [5, 5.41) is 18.0. The molecule has 0 N–H and O–H groups in total. The fourth-order valence-electron chi connectivity index (χ4n) is 0.682. The number of nitroso groups, excluding NO2 is 2. The van der Waals surface area contributed by atoms with Gasteiger partial charge in [0, 0.05) is 0 Å². The van der Waals surface area contributed by atoms with E-state index in [-0.39, 0.29) is 11.7 Å². The van der Waals surface area contributed by atoms with Gasteiger partial charge in [0.2, 0.25) is 16.2 Å². The van der Waals surface area contributed by atoms with Crippen molar-refractivity contribution in [3.63, 3.8) is 0 Å². The Kier molecular flexibility index (Phi) is 1.20. The predicted molar refractivity (Wildman–Crippen MR) is 42.3 cm³/mol. The van der Waals surface area contributed by atoms with Crippen LogP contribution in [0.3, 0.4) is 0 Å². The molecule has 0 amide bonds. The third-order valence-corrected chi connectivity index (χ3v) is 1.16. The number of hydrogen-bond donors (Lipinski definition) is 0. The SMILES string of the molecule is [N-]=C1N=C2N=[O+]N=C2N=C1N=O. The van der Waals surface area contributed by atoms with Crippen LogP contribution in [0.15, 0.2) is 25.5 Å². The standard InChI is InChI=1S/C4N6O2/c5-1-2(8-11)7-4-3(6-1)9-12-10-4. The highest BCUT2D eigenvalue weighted by Crippen LogP contribution is 2.06. The van der Waals surface area contributed by atoms with Gasteiger partial charge in [-0.15, -0.1) is 4.91 Å². The third kappa shape index (κ3) is 0.779. The topological polar surface area (TPSA) is 112 Å². The smallest absolute Gasteiger partial charge is 0.290 e. The normalized spacial score (nSPS) is 19.7. The lowest BCUT2D eigenvalue weighted by Gasteiger charge is -2.07. The fraction of sp³-hybridized carbons (Fsp3) is 0. The molecule has 0 atom stereocenters. The number of oxime groups is 1. The van der Waals surface area contributed by atoms with Gasteiger partial charge in [-0.2, -0.15) is 4.99 Å². The van der Waals surface area contributed by atoms with Crippen molar-refractivity contribution in [1.82, 2.24) is 0 Å². The van der Waals surface area contributed by atoms with Crippen LogP contribution >= 0.6 is 0 Å². The summed E-state index contributed by atoms with van der Waals surface area (Å²) in [7, 11) is 0. The average Bonchev–Trinajstić information content (AvgIpc) is 2.49. The highest BCUT2D eigenvalue weighted by molar-refractivity contribution is 6.57. The second-order valence-electron chi connectivity index (χ2n) is 1.87. The molecule has 0 bridgehead atoms. The van der Waals surface area contributed by atoms with Gasteiger partial charge in [0.05, 0.1) is 4.64 Å². The first-order chi connectivity index (χ1) is 5.81. The molecule has 0 unspecified atom stereocenters. The molecule has 2 aliphatic heterocycles. The van der Waals surface area contributed by atoms with E-state index >= 15 is 0 Å². The molecular weight excluding hydrogens is 164 g/mol. The average molecular weight is 164 g/mol. The number of nitrogens with zero attached hydrogens (tertiary/aromatic N) is 6. The molecule has 0 aromatic rings. The van der Waals surface area contributed by atoms with Crippen molar-refractivity contribution in [2.45, 2.75) is 0 Å². The van der Waals surface area contributed by atoms with Gasteiger partial charge in [-0.05, 0) is 11.0 Å². The molecule has 8 nitrogen and oxygen atoms in total. The van der Waals surface area contributed by atoms with Crippen LogP contribution in [-0.4, -0.2) is 23.3 Å². The first-order valence-electron chi connectivity index (χ1n) is 2.84. The minimum Gasteiger partial charge on any atom is -0.461 e. The maximum absolute atomic E-state index is 10.0. The van der Waals surface area contributed by atoms with Crippen molar-refractivity contribution in [2.75, 3.05) is 0 Å². The van der Waals surface area contributed by atoms with E-state index in [4.69, 9.17) is 5.41 Å². The van der Waals surface area contributed by atoms with E-state index in [1.54, 1.807) is 0 Å². The Bertz CT molecular complexity index is 388.